The largest absolute Gasteiger partial charge is 0.475 e. The zero-order valence-corrected chi connectivity index (χ0v) is 14.6. The number of hydrogen-bond donors (Lipinski definition) is 1. The van der Waals surface area contributed by atoms with E-state index in [2.05, 4.69) is 15.6 Å². The van der Waals surface area contributed by atoms with Crippen LogP contribution in [0.2, 0.25) is 0 Å². The topological polar surface area (TPSA) is 112 Å². The smallest absolute Gasteiger partial charge is 0.350 e. The van der Waals surface area contributed by atoms with E-state index in [4.69, 9.17) is 4.74 Å². The van der Waals surface area contributed by atoms with Crippen LogP contribution in [0.4, 0.5) is 5.69 Å². The van der Waals surface area contributed by atoms with E-state index < -0.39 is 16.9 Å². The first kappa shape index (κ1) is 18.8. The van der Waals surface area contributed by atoms with Crippen molar-refractivity contribution in [2.75, 3.05) is 7.11 Å². The van der Waals surface area contributed by atoms with Crippen LogP contribution in [-0.4, -0.2) is 33.9 Å². The van der Waals surface area contributed by atoms with Crippen LogP contribution in [0.3, 0.4) is 0 Å². The van der Waals surface area contributed by atoms with Crippen molar-refractivity contribution >= 4 is 23.9 Å². The first-order chi connectivity index (χ1) is 12.4. The van der Waals surface area contributed by atoms with Gasteiger partial charge in [-0.2, -0.15) is 5.10 Å². The Hall–Kier alpha value is -3.49. The summed E-state index contributed by atoms with van der Waals surface area (Å²) in [6, 6.07) is 8.89. The van der Waals surface area contributed by atoms with E-state index in [9.17, 15) is 14.9 Å². The van der Waals surface area contributed by atoms with Gasteiger partial charge in [-0.25, -0.2) is 10.1 Å². The summed E-state index contributed by atoms with van der Waals surface area (Å²) in [6.45, 7) is 3.40. The predicted molar refractivity (Wildman–Crippen MR) is 96.9 cm³/mol. The number of ether oxygens (including phenoxy) is 1. The van der Waals surface area contributed by atoms with Gasteiger partial charge in [0.15, 0.2) is 0 Å². The molecule has 1 heterocycles. The lowest BCUT2D eigenvalue weighted by Crippen LogP contribution is -2.27. The van der Waals surface area contributed by atoms with E-state index in [0.717, 1.165) is 22.0 Å². The molecule has 2 rings (SSSR count). The van der Waals surface area contributed by atoms with Gasteiger partial charge >= 0.3 is 11.6 Å². The lowest BCUT2D eigenvalue weighted by molar-refractivity contribution is -0.385. The number of nitrogens with one attached hydrogen (secondary N) is 1. The molecule has 0 aliphatic rings. The van der Waals surface area contributed by atoms with E-state index in [-0.39, 0.29) is 11.6 Å². The van der Waals surface area contributed by atoms with Gasteiger partial charge in [0.05, 0.1) is 18.2 Å². The number of amides is 1. The maximum absolute atomic E-state index is 12.1. The van der Waals surface area contributed by atoms with Crippen molar-refractivity contribution in [3.8, 4) is 5.88 Å². The SMILES string of the molecule is COc1nn([C@@H](C)C(=O)NN=C/C(C)=C/c2ccccc2)cc1[N+](=O)[O-]. The zero-order valence-electron chi connectivity index (χ0n) is 14.6. The standard InChI is InChI=1S/C17H19N5O4/c1-12(9-14-7-5-4-6-8-14)10-18-19-16(23)13(2)21-11-15(22(24)25)17(20-21)26-3/h4-11,13H,1-3H3,(H,19,23)/b12-9+,18-10?/t13-/m0/s1. The number of nitrogens with zero attached hydrogens (tertiary/aromatic N) is 4. The fourth-order valence-corrected chi connectivity index (χ4v) is 2.10. The average molecular weight is 357 g/mol. The Morgan fingerprint density at radius 3 is 2.69 bits per heavy atom. The molecule has 0 unspecified atom stereocenters. The number of nitro groups is 1. The molecule has 136 valence electrons. The molecule has 0 saturated carbocycles. The number of allylic oxidation sites excluding steroid dienone is 1. The van der Waals surface area contributed by atoms with Gasteiger partial charge in [0, 0.05) is 0 Å². The highest BCUT2D eigenvalue weighted by molar-refractivity contribution is 5.86. The molecule has 1 N–H and O–H groups in total. The van der Waals surface area contributed by atoms with Gasteiger partial charge in [-0.15, -0.1) is 5.10 Å². The first-order valence-corrected chi connectivity index (χ1v) is 7.76. The molecule has 9 nitrogen and oxygen atoms in total. The van der Waals surface area contributed by atoms with Gasteiger partial charge in [0.25, 0.3) is 5.91 Å². The normalized spacial score (nSPS) is 12.8. The molecule has 1 aromatic carbocycles. The number of methoxy groups -OCH3 is 1. The van der Waals surface area contributed by atoms with Crippen LogP contribution in [0.15, 0.2) is 47.2 Å². The minimum absolute atomic E-state index is 0.153. The third-order valence-electron chi connectivity index (χ3n) is 3.48. The van der Waals surface area contributed by atoms with Gasteiger partial charge in [-0.05, 0) is 25.0 Å². The summed E-state index contributed by atoms with van der Waals surface area (Å²) in [7, 11) is 1.27. The summed E-state index contributed by atoms with van der Waals surface area (Å²) in [5.41, 5.74) is 3.95. The summed E-state index contributed by atoms with van der Waals surface area (Å²) in [5.74, 6) is -0.617. The average Bonchev–Trinajstić information content (AvgIpc) is 3.06. The molecule has 0 fully saturated rings. The van der Waals surface area contributed by atoms with E-state index >= 15 is 0 Å². The Balaban J connectivity index is 2.01. The number of carbonyl (C=O) groups excluding carboxylic acids is 1. The Labute approximate surface area is 150 Å². The van der Waals surface area contributed by atoms with Crippen molar-refractivity contribution in [1.29, 1.82) is 0 Å². The zero-order chi connectivity index (χ0) is 19.1. The third-order valence-corrected chi connectivity index (χ3v) is 3.48. The van der Waals surface area contributed by atoms with Crippen molar-refractivity contribution < 1.29 is 14.5 Å². The highest BCUT2D eigenvalue weighted by Crippen LogP contribution is 2.25. The van der Waals surface area contributed by atoms with Gasteiger partial charge in [-0.1, -0.05) is 36.4 Å². The monoisotopic (exact) mass is 357 g/mol. The van der Waals surface area contributed by atoms with Crippen LogP contribution < -0.4 is 10.2 Å². The molecule has 0 bridgehead atoms. The highest BCUT2D eigenvalue weighted by Gasteiger charge is 2.25. The number of hydrazone groups is 1. The Morgan fingerprint density at radius 1 is 1.42 bits per heavy atom. The van der Waals surface area contributed by atoms with Crippen LogP contribution in [0.25, 0.3) is 6.08 Å². The second-order valence-electron chi connectivity index (χ2n) is 5.47. The number of benzene rings is 1. The van der Waals surface area contributed by atoms with Crippen LogP contribution in [0.1, 0.15) is 25.5 Å². The van der Waals surface area contributed by atoms with E-state index in [1.54, 1.807) is 6.92 Å². The molecule has 0 spiro atoms. The minimum atomic E-state index is -0.798. The van der Waals surface area contributed by atoms with Crippen molar-refractivity contribution in [2.24, 2.45) is 5.10 Å². The summed E-state index contributed by atoms with van der Waals surface area (Å²) in [6.07, 6.45) is 4.58. The van der Waals surface area contributed by atoms with Gasteiger partial charge in [0.2, 0.25) is 0 Å². The van der Waals surface area contributed by atoms with E-state index in [1.807, 2.05) is 43.3 Å². The summed E-state index contributed by atoms with van der Waals surface area (Å²) < 4.78 is 6.01. The van der Waals surface area contributed by atoms with Crippen molar-refractivity contribution in [3.63, 3.8) is 0 Å². The highest BCUT2D eigenvalue weighted by atomic mass is 16.6. The number of hydrogen-bond acceptors (Lipinski definition) is 6. The van der Waals surface area contributed by atoms with Crippen LogP contribution in [-0.2, 0) is 4.79 Å². The van der Waals surface area contributed by atoms with Crippen LogP contribution in [0.5, 0.6) is 5.88 Å². The maximum Gasteiger partial charge on any atom is 0.350 e. The molecule has 9 heteroatoms. The summed E-state index contributed by atoms with van der Waals surface area (Å²) in [4.78, 5) is 22.4. The lowest BCUT2D eigenvalue weighted by Gasteiger charge is -2.09. The molecule has 0 saturated heterocycles. The van der Waals surface area contributed by atoms with E-state index in [0.29, 0.717) is 0 Å². The molecular formula is C17H19N5O4. The molecule has 0 radical (unpaired) electrons. The predicted octanol–water partition coefficient (Wildman–Crippen LogP) is 2.57. The number of rotatable bonds is 7. The van der Waals surface area contributed by atoms with Crippen LogP contribution in [0, 0.1) is 10.1 Å². The van der Waals surface area contributed by atoms with Crippen molar-refractivity contribution in [3.05, 3.63) is 57.8 Å². The fourth-order valence-electron chi connectivity index (χ4n) is 2.10. The molecule has 2 aromatic rings. The van der Waals surface area contributed by atoms with Gasteiger partial charge in [-0.3, -0.25) is 14.9 Å². The van der Waals surface area contributed by atoms with E-state index in [1.165, 1.54) is 13.3 Å². The number of aromatic nitrogens is 2. The first-order valence-electron chi connectivity index (χ1n) is 7.76. The molecule has 26 heavy (non-hydrogen) atoms. The Morgan fingerprint density at radius 2 is 2.12 bits per heavy atom. The molecule has 1 amide bonds. The molecule has 1 aromatic heterocycles. The summed E-state index contributed by atoms with van der Waals surface area (Å²) in [5, 5.41) is 18.7. The minimum Gasteiger partial charge on any atom is -0.475 e. The van der Waals surface area contributed by atoms with Gasteiger partial charge < -0.3 is 4.74 Å². The Kier molecular flexibility index (Phi) is 6.20. The molecule has 0 aliphatic heterocycles. The third kappa shape index (κ3) is 4.76. The second kappa shape index (κ2) is 8.56. The fraction of sp³-hybridized carbons (Fsp3) is 0.235. The number of carbonyl (C=O) groups is 1. The maximum atomic E-state index is 12.1. The Bertz CT molecular complexity index is 842. The molecular weight excluding hydrogens is 338 g/mol. The van der Waals surface area contributed by atoms with Crippen molar-refractivity contribution in [1.82, 2.24) is 15.2 Å². The molecule has 1 atom stereocenters. The quantitative estimate of drug-likeness (QED) is 0.465. The second-order valence-corrected chi connectivity index (χ2v) is 5.47. The van der Waals surface area contributed by atoms with Crippen molar-refractivity contribution in [2.45, 2.75) is 19.9 Å². The molecule has 0 aliphatic carbocycles. The van der Waals surface area contributed by atoms with Crippen LogP contribution >= 0.6 is 0 Å². The lowest BCUT2D eigenvalue weighted by atomic mass is 10.1. The summed E-state index contributed by atoms with van der Waals surface area (Å²) >= 11 is 0. The van der Waals surface area contributed by atoms with Gasteiger partial charge in [0.1, 0.15) is 12.2 Å².